The van der Waals surface area contributed by atoms with Gasteiger partial charge in [0.1, 0.15) is 0 Å². The quantitative estimate of drug-likeness (QED) is 0.485. The Balaban J connectivity index is 1.88. The Morgan fingerprint density at radius 3 is 2.52 bits per heavy atom. The van der Waals surface area contributed by atoms with Crippen molar-refractivity contribution < 1.29 is 9.47 Å². The smallest absolute Gasteiger partial charge is 0.297 e. The normalized spacial score (nSPS) is 10.9. The highest BCUT2D eigenvalue weighted by molar-refractivity contribution is 5.90. The highest BCUT2D eigenvalue weighted by Gasteiger charge is 2.17. The lowest BCUT2D eigenvalue weighted by Crippen LogP contribution is -2.20. The van der Waals surface area contributed by atoms with Gasteiger partial charge in [-0.3, -0.25) is 4.79 Å². The van der Waals surface area contributed by atoms with Crippen LogP contribution in [-0.2, 0) is 13.6 Å². The molecule has 2 aromatic carbocycles. The number of benzene rings is 2. The minimum Gasteiger partial charge on any atom is -0.489 e. The maximum absolute atomic E-state index is 12.8. The number of hydrogen-bond donors (Lipinski definition) is 1. The summed E-state index contributed by atoms with van der Waals surface area (Å²) in [5.74, 6) is 0.803. The molecule has 5 heteroatoms. The number of unbranched alkanes of at least 4 members (excludes halogenated alkanes) is 3. The molecule has 154 valence electrons. The van der Waals surface area contributed by atoms with E-state index in [4.69, 9.17) is 9.47 Å². The maximum atomic E-state index is 12.8. The van der Waals surface area contributed by atoms with Gasteiger partial charge in [-0.1, -0.05) is 56.5 Å². The van der Waals surface area contributed by atoms with Crippen molar-refractivity contribution >= 4 is 16.6 Å². The number of pyridine rings is 1. The average Bonchev–Trinajstić information content (AvgIpc) is 2.76. The molecule has 0 aliphatic heterocycles. The molecule has 0 atom stereocenters. The number of nitrogens with zero attached hydrogens (tertiary/aromatic N) is 1. The third-order valence-electron chi connectivity index (χ3n) is 5.10. The summed E-state index contributed by atoms with van der Waals surface area (Å²) in [6.07, 6.45) is 4.45. The first kappa shape index (κ1) is 20.8. The third kappa shape index (κ3) is 4.91. The Hall–Kier alpha value is -2.95. The molecule has 0 spiro atoms. The number of rotatable bonds is 10. The largest absolute Gasteiger partial charge is 0.489 e. The molecule has 0 radical (unpaired) electrons. The molecule has 29 heavy (non-hydrogen) atoms. The molecular formula is C24H30N2O3. The van der Waals surface area contributed by atoms with Gasteiger partial charge in [0.25, 0.3) is 5.56 Å². The first-order chi connectivity index (χ1) is 14.2. The number of fused-ring (bicyclic) bond motifs is 1. The topological polar surface area (TPSA) is 52.5 Å². The van der Waals surface area contributed by atoms with E-state index < -0.39 is 0 Å². The summed E-state index contributed by atoms with van der Waals surface area (Å²) in [7, 11) is 3.28. The Bertz CT molecular complexity index is 996. The second kappa shape index (κ2) is 10.0. The molecule has 3 aromatic rings. The minimum atomic E-state index is -0.191. The molecule has 0 fully saturated rings. The number of aryl methyl sites for hydroxylation is 1. The van der Waals surface area contributed by atoms with Gasteiger partial charge < -0.3 is 19.4 Å². The summed E-state index contributed by atoms with van der Waals surface area (Å²) in [5, 5.41) is 4.31. The van der Waals surface area contributed by atoms with Gasteiger partial charge in [-0.2, -0.15) is 0 Å². The van der Waals surface area contributed by atoms with Crippen LogP contribution >= 0.6 is 0 Å². The molecule has 3 rings (SSSR count). The molecule has 0 unspecified atom stereocenters. The van der Waals surface area contributed by atoms with Gasteiger partial charge in [-0.25, -0.2) is 0 Å². The summed E-state index contributed by atoms with van der Waals surface area (Å²) in [6.45, 7) is 3.48. The van der Waals surface area contributed by atoms with Gasteiger partial charge in [0.2, 0.25) is 5.75 Å². The van der Waals surface area contributed by atoms with Gasteiger partial charge in [-0.05, 0) is 30.2 Å². The summed E-state index contributed by atoms with van der Waals surface area (Å²) < 4.78 is 13.1. The predicted octanol–water partition coefficient (Wildman–Crippen LogP) is 5.12. The summed E-state index contributed by atoms with van der Waals surface area (Å²) in [6, 6.07) is 16.2. The van der Waals surface area contributed by atoms with Crippen molar-refractivity contribution in [1.82, 2.24) is 4.57 Å². The van der Waals surface area contributed by atoms with E-state index in [1.165, 1.54) is 25.5 Å². The Morgan fingerprint density at radius 2 is 1.79 bits per heavy atom. The number of methoxy groups -OCH3 is 1. The highest BCUT2D eigenvalue weighted by Crippen LogP contribution is 2.34. The van der Waals surface area contributed by atoms with Crippen molar-refractivity contribution in [3.8, 4) is 11.5 Å². The Morgan fingerprint density at radius 1 is 1.00 bits per heavy atom. The van der Waals surface area contributed by atoms with Crippen LogP contribution in [0.4, 0.5) is 5.69 Å². The lowest BCUT2D eigenvalue weighted by molar-refractivity contribution is 0.286. The van der Waals surface area contributed by atoms with Crippen LogP contribution in [0.1, 0.15) is 38.2 Å². The SMILES string of the molecule is CCCCCCOc1c(OC)c(=O)n(C)c2cc(NCc3ccccc3)ccc12. The van der Waals surface area contributed by atoms with Gasteiger partial charge >= 0.3 is 0 Å². The van der Waals surface area contributed by atoms with Crippen LogP contribution in [0.25, 0.3) is 10.9 Å². The Kier molecular flexibility index (Phi) is 7.17. The van der Waals surface area contributed by atoms with Crippen molar-refractivity contribution in [1.29, 1.82) is 0 Å². The van der Waals surface area contributed by atoms with E-state index in [9.17, 15) is 4.79 Å². The molecule has 0 aliphatic rings. The fourth-order valence-corrected chi connectivity index (χ4v) is 3.42. The fourth-order valence-electron chi connectivity index (χ4n) is 3.42. The second-order valence-electron chi connectivity index (χ2n) is 7.21. The molecule has 0 saturated heterocycles. The zero-order valence-corrected chi connectivity index (χ0v) is 17.5. The van der Waals surface area contributed by atoms with Crippen LogP contribution in [-0.4, -0.2) is 18.3 Å². The van der Waals surface area contributed by atoms with Crippen LogP contribution in [0.5, 0.6) is 11.5 Å². The van der Waals surface area contributed by atoms with E-state index in [-0.39, 0.29) is 11.3 Å². The van der Waals surface area contributed by atoms with Crippen molar-refractivity contribution in [3.63, 3.8) is 0 Å². The van der Waals surface area contributed by atoms with Crippen molar-refractivity contribution in [3.05, 3.63) is 64.4 Å². The van der Waals surface area contributed by atoms with E-state index in [0.717, 1.165) is 36.0 Å². The molecular weight excluding hydrogens is 364 g/mol. The number of ether oxygens (including phenoxy) is 2. The number of nitrogens with one attached hydrogen (secondary N) is 1. The zero-order valence-electron chi connectivity index (χ0n) is 17.5. The van der Waals surface area contributed by atoms with Crippen molar-refractivity contribution in [2.75, 3.05) is 19.0 Å². The van der Waals surface area contributed by atoms with Crippen LogP contribution in [0.2, 0.25) is 0 Å². The van der Waals surface area contributed by atoms with E-state index in [1.54, 1.807) is 11.6 Å². The third-order valence-corrected chi connectivity index (χ3v) is 5.10. The molecule has 0 aliphatic carbocycles. The summed E-state index contributed by atoms with van der Waals surface area (Å²) >= 11 is 0. The monoisotopic (exact) mass is 394 g/mol. The average molecular weight is 395 g/mol. The van der Waals surface area contributed by atoms with Crippen molar-refractivity contribution in [2.45, 2.75) is 39.2 Å². The molecule has 0 bridgehead atoms. The van der Waals surface area contributed by atoms with E-state index in [0.29, 0.717) is 12.4 Å². The molecule has 1 N–H and O–H groups in total. The standard InChI is InChI=1S/C24H30N2O3/c1-4-5-6-10-15-29-22-20-14-13-19(25-17-18-11-8-7-9-12-18)16-21(20)26(2)24(27)23(22)28-3/h7-9,11-14,16,25H,4-6,10,15,17H2,1-3H3. The number of aromatic nitrogens is 1. The summed E-state index contributed by atoms with van der Waals surface area (Å²) in [5.41, 5.74) is 2.78. The number of hydrogen-bond acceptors (Lipinski definition) is 4. The van der Waals surface area contributed by atoms with E-state index in [2.05, 4.69) is 24.4 Å². The van der Waals surface area contributed by atoms with E-state index in [1.807, 2.05) is 36.4 Å². The molecule has 5 nitrogen and oxygen atoms in total. The van der Waals surface area contributed by atoms with Gasteiger partial charge in [-0.15, -0.1) is 0 Å². The van der Waals surface area contributed by atoms with Crippen LogP contribution in [0, 0.1) is 0 Å². The highest BCUT2D eigenvalue weighted by atomic mass is 16.5. The first-order valence-corrected chi connectivity index (χ1v) is 10.3. The van der Waals surface area contributed by atoms with Crippen molar-refractivity contribution in [2.24, 2.45) is 7.05 Å². The van der Waals surface area contributed by atoms with Crippen LogP contribution in [0.3, 0.4) is 0 Å². The molecule has 1 aromatic heterocycles. The molecule has 1 heterocycles. The minimum absolute atomic E-state index is 0.191. The Labute approximate surface area is 172 Å². The predicted molar refractivity (Wildman–Crippen MR) is 119 cm³/mol. The summed E-state index contributed by atoms with van der Waals surface area (Å²) in [4.78, 5) is 12.8. The molecule has 0 amide bonds. The molecule has 0 saturated carbocycles. The lowest BCUT2D eigenvalue weighted by Gasteiger charge is -2.17. The van der Waals surface area contributed by atoms with Gasteiger partial charge in [0.05, 0.1) is 19.2 Å². The lowest BCUT2D eigenvalue weighted by atomic mass is 10.1. The van der Waals surface area contributed by atoms with Crippen LogP contribution < -0.4 is 20.3 Å². The second-order valence-corrected chi connectivity index (χ2v) is 7.21. The number of anilines is 1. The van der Waals surface area contributed by atoms with Crippen LogP contribution in [0.15, 0.2) is 53.3 Å². The zero-order chi connectivity index (χ0) is 20.6. The fraction of sp³-hybridized carbons (Fsp3) is 0.375. The first-order valence-electron chi connectivity index (χ1n) is 10.3. The van der Waals surface area contributed by atoms with E-state index >= 15 is 0 Å². The maximum Gasteiger partial charge on any atom is 0.297 e. The van der Waals surface area contributed by atoms with Gasteiger partial charge in [0.15, 0.2) is 5.75 Å². The van der Waals surface area contributed by atoms with Gasteiger partial charge in [0, 0.05) is 24.7 Å².